The molecule has 1 N–H and O–H groups in total. The maximum Gasteiger partial charge on any atom is 0.230 e. The van der Waals surface area contributed by atoms with Crippen LogP contribution < -0.4 is 5.32 Å². The van der Waals surface area contributed by atoms with Gasteiger partial charge in [-0.15, -0.1) is 0 Å². The molecule has 1 aromatic rings. The Morgan fingerprint density at radius 1 is 1.20 bits per heavy atom. The fraction of sp³-hybridized carbons (Fsp3) is 0.632. The molecule has 1 aliphatic heterocycles. The van der Waals surface area contributed by atoms with E-state index >= 15 is 0 Å². The van der Waals surface area contributed by atoms with Crippen LogP contribution in [0.5, 0.6) is 0 Å². The first kappa shape index (κ1) is 18.4. The summed E-state index contributed by atoms with van der Waals surface area (Å²) < 4.78 is 0.877. The van der Waals surface area contributed by atoms with E-state index in [1.165, 1.54) is 25.7 Å². The number of rotatable bonds is 5. The Morgan fingerprint density at radius 2 is 2.00 bits per heavy atom. The highest BCUT2D eigenvalue weighted by Crippen LogP contribution is 2.29. The Morgan fingerprint density at radius 3 is 2.72 bits per heavy atom. The molecule has 0 spiro atoms. The molecular weight excluding hydrogens is 382 g/mol. The fourth-order valence-corrected chi connectivity index (χ4v) is 4.12. The largest absolute Gasteiger partial charge is 0.342 e. The van der Waals surface area contributed by atoms with Gasteiger partial charge in [0.05, 0.1) is 5.92 Å². The van der Waals surface area contributed by atoms with E-state index < -0.39 is 0 Å². The zero-order chi connectivity index (χ0) is 17.6. The first-order chi connectivity index (χ1) is 12.1. The van der Waals surface area contributed by atoms with Crippen molar-refractivity contribution in [2.24, 2.45) is 11.8 Å². The third kappa shape index (κ3) is 5.27. The van der Waals surface area contributed by atoms with Gasteiger partial charge in [-0.1, -0.05) is 25.7 Å². The van der Waals surface area contributed by atoms with Crippen LogP contribution in [0.1, 0.15) is 51.4 Å². The highest BCUT2D eigenvalue weighted by atomic mass is 79.9. The Labute approximate surface area is 157 Å². The summed E-state index contributed by atoms with van der Waals surface area (Å²) in [7, 11) is 0. The van der Waals surface area contributed by atoms with Crippen molar-refractivity contribution in [2.45, 2.75) is 51.4 Å². The monoisotopic (exact) mass is 407 g/mol. The number of anilines is 1. The number of pyridine rings is 1. The molecule has 2 aliphatic rings. The SMILES string of the molecule is O=C(Nc1ccc(Br)cn1)[C@@H]1CCCN(C(=O)CCC2CCCC2)C1. The van der Waals surface area contributed by atoms with Crippen LogP contribution in [-0.4, -0.2) is 34.8 Å². The average Bonchev–Trinajstić information content (AvgIpc) is 3.15. The molecule has 136 valence electrons. The molecular formula is C19H26BrN3O2. The molecule has 2 heterocycles. The minimum atomic E-state index is -0.144. The molecule has 0 aromatic carbocycles. The van der Waals surface area contributed by atoms with Crippen LogP contribution in [-0.2, 0) is 9.59 Å². The summed E-state index contributed by atoms with van der Waals surface area (Å²) >= 11 is 3.33. The average molecular weight is 408 g/mol. The third-order valence-corrected chi connectivity index (χ3v) is 5.83. The number of halogens is 1. The maximum absolute atomic E-state index is 12.5. The number of likely N-dealkylation sites (tertiary alicyclic amines) is 1. The Balaban J connectivity index is 1.48. The second-order valence-corrected chi connectivity index (χ2v) is 8.13. The zero-order valence-corrected chi connectivity index (χ0v) is 16.1. The van der Waals surface area contributed by atoms with E-state index in [-0.39, 0.29) is 17.7 Å². The molecule has 1 atom stereocenters. The third-order valence-electron chi connectivity index (χ3n) is 5.36. The van der Waals surface area contributed by atoms with Crippen LogP contribution in [0.15, 0.2) is 22.8 Å². The Hall–Kier alpha value is -1.43. The first-order valence-corrected chi connectivity index (χ1v) is 10.1. The molecule has 0 unspecified atom stereocenters. The van der Waals surface area contributed by atoms with Crippen molar-refractivity contribution in [3.63, 3.8) is 0 Å². The van der Waals surface area contributed by atoms with Crippen molar-refractivity contribution in [3.8, 4) is 0 Å². The summed E-state index contributed by atoms with van der Waals surface area (Å²) in [5, 5.41) is 2.87. The van der Waals surface area contributed by atoms with E-state index in [4.69, 9.17) is 0 Å². The van der Waals surface area contributed by atoms with Gasteiger partial charge in [-0.25, -0.2) is 4.98 Å². The van der Waals surface area contributed by atoms with Gasteiger partial charge in [0.1, 0.15) is 5.82 Å². The van der Waals surface area contributed by atoms with E-state index in [1.807, 2.05) is 11.0 Å². The number of aromatic nitrogens is 1. The van der Waals surface area contributed by atoms with Gasteiger partial charge >= 0.3 is 0 Å². The minimum absolute atomic E-state index is 0.0388. The number of carbonyl (C=O) groups excluding carboxylic acids is 2. The standard InChI is InChI=1S/C19H26BrN3O2/c20-16-8-9-17(21-12-16)22-19(25)15-6-3-11-23(13-15)18(24)10-7-14-4-1-2-5-14/h8-9,12,14-15H,1-7,10-11,13H2,(H,21,22,25)/t15-/m1/s1. The summed E-state index contributed by atoms with van der Waals surface area (Å²) in [6.07, 6.45) is 10.2. The molecule has 1 aliphatic carbocycles. The summed E-state index contributed by atoms with van der Waals surface area (Å²) in [5.74, 6) is 1.32. The van der Waals surface area contributed by atoms with Gasteiger partial charge in [-0.3, -0.25) is 9.59 Å². The molecule has 6 heteroatoms. The van der Waals surface area contributed by atoms with Gasteiger partial charge < -0.3 is 10.2 Å². The van der Waals surface area contributed by atoms with Crippen LogP contribution in [0.3, 0.4) is 0 Å². The molecule has 2 fully saturated rings. The van der Waals surface area contributed by atoms with Gasteiger partial charge in [0.2, 0.25) is 11.8 Å². The van der Waals surface area contributed by atoms with E-state index in [0.29, 0.717) is 18.8 Å². The Kier molecular flexibility index (Phi) is 6.45. The number of nitrogens with zero attached hydrogens (tertiary/aromatic N) is 2. The van der Waals surface area contributed by atoms with E-state index in [1.54, 1.807) is 12.3 Å². The van der Waals surface area contributed by atoms with Crippen molar-refractivity contribution in [2.75, 3.05) is 18.4 Å². The minimum Gasteiger partial charge on any atom is -0.342 e. The number of carbonyl (C=O) groups is 2. The van der Waals surface area contributed by atoms with Crippen molar-refractivity contribution in [3.05, 3.63) is 22.8 Å². The molecule has 1 saturated carbocycles. The molecule has 0 bridgehead atoms. The number of nitrogens with one attached hydrogen (secondary N) is 1. The maximum atomic E-state index is 12.5. The first-order valence-electron chi connectivity index (χ1n) is 9.32. The van der Waals surface area contributed by atoms with Gasteiger partial charge in [0.15, 0.2) is 0 Å². The molecule has 25 heavy (non-hydrogen) atoms. The predicted octanol–water partition coefficient (Wildman–Crippen LogP) is 3.99. The second-order valence-electron chi connectivity index (χ2n) is 7.22. The summed E-state index contributed by atoms with van der Waals surface area (Å²) in [5.41, 5.74) is 0. The normalized spacial score (nSPS) is 21.3. The quantitative estimate of drug-likeness (QED) is 0.802. The number of hydrogen-bond acceptors (Lipinski definition) is 3. The number of piperidine rings is 1. The van der Waals surface area contributed by atoms with Crippen LogP contribution in [0.25, 0.3) is 0 Å². The van der Waals surface area contributed by atoms with E-state index in [0.717, 1.165) is 36.2 Å². The van der Waals surface area contributed by atoms with Crippen molar-refractivity contribution >= 4 is 33.6 Å². The predicted molar refractivity (Wildman–Crippen MR) is 101 cm³/mol. The smallest absolute Gasteiger partial charge is 0.230 e. The molecule has 1 aromatic heterocycles. The van der Waals surface area contributed by atoms with Crippen LogP contribution >= 0.6 is 15.9 Å². The lowest BCUT2D eigenvalue weighted by atomic mass is 9.96. The van der Waals surface area contributed by atoms with Gasteiger partial charge in [0, 0.05) is 30.2 Å². The van der Waals surface area contributed by atoms with E-state index in [2.05, 4.69) is 26.2 Å². The van der Waals surface area contributed by atoms with Crippen molar-refractivity contribution in [1.82, 2.24) is 9.88 Å². The molecule has 5 nitrogen and oxygen atoms in total. The van der Waals surface area contributed by atoms with Gasteiger partial charge in [-0.05, 0) is 53.2 Å². The molecule has 2 amide bonds. The van der Waals surface area contributed by atoms with Crippen molar-refractivity contribution in [1.29, 1.82) is 0 Å². The lowest BCUT2D eigenvalue weighted by Gasteiger charge is -2.32. The highest BCUT2D eigenvalue weighted by Gasteiger charge is 2.29. The van der Waals surface area contributed by atoms with Crippen molar-refractivity contribution < 1.29 is 9.59 Å². The van der Waals surface area contributed by atoms with Gasteiger partial charge in [-0.2, -0.15) is 0 Å². The van der Waals surface area contributed by atoms with Crippen LogP contribution in [0.4, 0.5) is 5.82 Å². The van der Waals surface area contributed by atoms with Crippen LogP contribution in [0, 0.1) is 11.8 Å². The Bertz CT molecular complexity index is 599. The zero-order valence-electron chi connectivity index (χ0n) is 14.5. The van der Waals surface area contributed by atoms with Crippen LogP contribution in [0.2, 0.25) is 0 Å². The fourth-order valence-electron chi connectivity index (χ4n) is 3.88. The van der Waals surface area contributed by atoms with Gasteiger partial charge in [0.25, 0.3) is 0 Å². The number of amides is 2. The number of hydrogen-bond donors (Lipinski definition) is 1. The second kappa shape index (κ2) is 8.79. The summed E-state index contributed by atoms with van der Waals surface area (Å²) in [6, 6.07) is 3.62. The lowest BCUT2D eigenvalue weighted by molar-refractivity contribution is -0.134. The molecule has 0 radical (unpaired) electrons. The highest BCUT2D eigenvalue weighted by molar-refractivity contribution is 9.10. The molecule has 3 rings (SSSR count). The topological polar surface area (TPSA) is 62.3 Å². The van der Waals surface area contributed by atoms with E-state index in [9.17, 15) is 9.59 Å². The molecule has 1 saturated heterocycles. The lowest BCUT2D eigenvalue weighted by Crippen LogP contribution is -2.43. The summed E-state index contributed by atoms with van der Waals surface area (Å²) in [4.78, 5) is 31.1. The summed E-state index contributed by atoms with van der Waals surface area (Å²) in [6.45, 7) is 1.32.